The van der Waals surface area contributed by atoms with Gasteiger partial charge in [0.15, 0.2) is 5.96 Å². The number of fused-ring (bicyclic) bond motifs is 1. The number of nitrogens with zero attached hydrogens (tertiary/aromatic N) is 4. The van der Waals surface area contributed by atoms with Crippen LogP contribution in [0.4, 0.5) is 0 Å². The minimum absolute atomic E-state index is 0.118. The van der Waals surface area contributed by atoms with Gasteiger partial charge in [-0.3, -0.25) is 4.99 Å². The molecule has 1 saturated carbocycles. The van der Waals surface area contributed by atoms with Crippen molar-refractivity contribution >= 4 is 5.96 Å². The van der Waals surface area contributed by atoms with Crippen LogP contribution in [0.5, 0.6) is 0 Å². The van der Waals surface area contributed by atoms with Crippen molar-refractivity contribution in [2.45, 2.75) is 91.5 Å². The lowest BCUT2D eigenvalue weighted by Crippen LogP contribution is -2.64. The second kappa shape index (κ2) is 8.59. The van der Waals surface area contributed by atoms with E-state index in [1.807, 2.05) is 11.6 Å². The van der Waals surface area contributed by atoms with E-state index < -0.39 is 0 Å². The molecule has 7 heteroatoms. The van der Waals surface area contributed by atoms with Gasteiger partial charge in [-0.2, -0.15) is 5.10 Å². The predicted octanol–water partition coefficient (Wildman–Crippen LogP) is 2.44. The number of aliphatic imine (C=N–C) groups is 1. The van der Waals surface area contributed by atoms with Crippen LogP contribution in [-0.2, 0) is 17.7 Å². The van der Waals surface area contributed by atoms with Crippen LogP contribution >= 0.6 is 0 Å². The number of ether oxygens (including phenoxy) is 1. The van der Waals surface area contributed by atoms with Crippen molar-refractivity contribution in [3.63, 3.8) is 0 Å². The smallest absolute Gasteiger partial charge is 0.191 e. The van der Waals surface area contributed by atoms with Gasteiger partial charge in [0.2, 0.25) is 0 Å². The Kier molecular flexibility index (Phi) is 6.40. The van der Waals surface area contributed by atoms with E-state index in [4.69, 9.17) is 4.74 Å². The van der Waals surface area contributed by atoms with E-state index >= 15 is 0 Å². The Hall–Kier alpha value is -1.63. The van der Waals surface area contributed by atoms with E-state index in [0.29, 0.717) is 18.2 Å². The Bertz CT molecular complexity index is 653. The molecule has 0 bridgehead atoms. The van der Waals surface area contributed by atoms with Gasteiger partial charge in [0, 0.05) is 37.1 Å². The van der Waals surface area contributed by atoms with Crippen LogP contribution in [0.15, 0.2) is 4.99 Å². The molecule has 2 aliphatic rings. The van der Waals surface area contributed by atoms with Crippen molar-refractivity contribution < 1.29 is 4.74 Å². The monoisotopic (exact) mass is 376 g/mol. The Morgan fingerprint density at radius 2 is 2.15 bits per heavy atom. The molecule has 1 aromatic rings. The van der Waals surface area contributed by atoms with Crippen molar-refractivity contribution in [3.05, 3.63) is 11.6 Å². The molecule has 0 saturated heterocycles. The standard InChI is InChI=1S/C20H36N6O/c1-6-8-11-27-17-12-16(20(17,4)5)24-19(21-7-2)23-15-9-10-18-22-14(3)25-26(18)13-15/h15-17H,6-13H2,1-5H3,(H2,21,23,24). The average molecular weight is 377 g/mol. The first-order chi connectivity index (χ1) is 12.9. The highest BCUT2D eigenvalue weighted by molar-refractivity contribution is 5.80. The number of hydrogen-bond donors (Lipinski definition) is 2. The number of aryl methyl sites for hydroxylation is 2. The first-order valence-corrected chi connectivity index (χ1v) is 10.5. The second-order valence-electron chi connectivity index (χ2n) is 8.43. The molecule has 0 aromatic carbocycles. The fourth-order valence-corrected chi connectivity index (χ4v) is 3.98. The molecular weight excluding hydrogens is 340 g/mol. The van der Waals surface area contributed by atoms with Gasteiger partial charge in [-0.05, 0) is 33.1 Å². The van der Waals surface area contributed by atoms with Crippen LogP contribution in [-0.4, -0.2) is 52.1 Å². The lowest BCUT2D eigenvalue weighted by atomic mass is 9.64. The van der Waals surface area contributed by atoms with Gasteiger partial charge in [0.1, 0.15) is 11.6 Å². The summed E-state index contributed by atoms with van der Waals surface area (Å²) >= 11 is 0. The van der Waals surface area contributed by atoms with Crippen LogP contribution in [0.25, 0.3) is 0 Å². The summed E-state index contributed by atoms with van der Waals surface area (Å²) in [5, 5.41) is 11.8. The summed E-state index contributed by atoms with van der Waals surface area (Å²) in [4.78, 5) is 9.17. The lowest BCUT2D eigenvalue weighted by molar-refractivity contribution is -0.113. The van der Waals surface area contributed by atoms with E-state index in [0.717, 1.165) is 63.0 Å². The fraction of sp³-hybridized carbons (Fsp3) is 0.850. The third-order valence-electron chi connectivity index (χ3n) is 5.93. The molecule has 3 unspecified atom stereocenters. The summed E-state index contributed by atoms with van der Waals surface area (Å²) in [5.74, 6) is 2.86. The molecule has 2 heterocycles. The molecule has 0 radical (unpaired) electrons. The van der Waals surface area contributed by atoms with Gasteiger partial charge in [-0.25, -0.2) is 9.67 Å². The summed E-state index contributed by atoms with van der Waals surface area (Å²) in [6.45, 7) is 13.3. The average Bonchev–Trinajstić information content (AvgIpc) is 2.99. The van der Waals surface area contributed by atoms with Crippen molar-refractivity contribution in [1.29, 1.82) is 0 Å². The first-order valence-electron chi connectivity index (χ1n) is 10.5. The molecule has 152 valence electrons. The third kappa shape index (κ3) is 4.62. The minimum atomic E-state index is 0.118. The zero-order valence-corrected chi connectivity index (χ0v) is 17.6. The number of hydrogen-bond acceptors (Lipinski definition) is 4. The Balaban J connectivity index is 1.54. The zero-order chi connectivity index (χ0) is 19.4. The van der Waals surface area contributed by atoms with Gasteiger partial charge in [0.25, 0.3) is 0 Å². The van der Waals surface area contributed by atoms with E-state index in [2.05, 4.69) is 53.4 Å². The first kappa shape index (κ1) is 20.1. The molecule has 1 aliphatic carbocycles. The number of guanidine groups is 1. The number of nitrogens with one attached hydrogen (secondary N) is 2. The quantitative estimate of drug-likeness (QED) is 0.434. The third-order valence-corrected chi connectivity index (χ3v) is 5.93. The minimum Gasteiger partial charge on any atom is -0.378 e. The number of rotatable bonds is 7. The molecule has 2 N–H and O–H groups in total. The van der Waals surface area contributed by atoms with Crippen molar-refractivity contribution in [2.24, 2.45) is 10.4 Å². The van der Waals surface area contributed by atoms with Crippen LogP contribution in [0, 0.1) is 12.3 Å². The summed E-state index contributed by atoms with van der Waals surface area (Å²) in [7, 11) is 0. The molecule has 27 heavy (non-hydrogen) atoms. The maximum absolute atomic E-state index is 6.08. The maximum Gasteiger partial charge on any atom is 0.191 e. The fourth-order valence-electron chi connectivity index (χ4n) is 3.98. The summed E-state index contributed by atoms with van der Waals surface area (Å²) in [6, 6.07) is 0.714. The van der Waals surface area contributed by atoms with Crippen LogP contribution in [0.2, 0.25) is 0 Å². The lowest BCUT2D eigenvalue weighted by Gasteiger charge is -2.52. The molecule has 0 amide bonds. The van der Waals surface area contributed by atoms with E-state index in [9.17, 15) is 0 Å². The molecule has 1 fully saturated rings. The highest BCUT2D eigenvalue weighted by Gasteiger charge is 2.49. The van der Waals surface area contributed by atoms with Gasteiger partial charge in [-0.1, -0.05) is 27.2 Å². The Labute approximate surface area is 163 Å². The van der Waals surface area contributed by atoms with Gasteiger partial charge in [-0.15, -0.1) is 0 Å². The largest absolute Gasteiger partial charge is 0.378 e. The zero-order valence-electron chi connectivity index (χ0n) is 17.6. The molecule has 1 aliphatic heterocycles. The molecule has 0 spiro atoms. The topological polar surface area (TPSA) is 76.4 Å². The number of unbranched alkanes of at least 4 members (excludes halogenated alkanes) is 1. The van der Waals surface area contributed by atoms with E-state index in [1.54, 1.807) is 0 Å². The van der Waals surface area contributed by atoms with Crippen LogP contribution in [0.1, 0.15) is 65.0 Å². The van der Waals surface area contributed by atoms with Crippen LogP contribution in [0.3, 0.4) is 0 Å². The van der Waals surface area contributed by atoms with E-state index in [1.165, 1.54) is 6.42 Å². The van der Waals surface area contributed by atoms with Gasteiger partial charge >= 0.3 is 0 Å². The van der Waals surface area contributed by atoms with E-state index in [-0.39, 0.29) is 5.41 Å². The normalized spacial score (nSPS) is 27.0. The summed E-state index contributed by atoms with van der Waals surface area (Å²) in [6.07, 6.45) is 5.71. The molecule has 7 nitrogen and oxygen atoms in total. The van der Waals surface area contributed by atoms with Crippen molar-refractivity contribution in [3.8, 4) is 0 Å². The highest BCUT2D eigenvalue weighted by atomic mass is 16.5. The molecule has 3 rings (SSSR count). The number of aromatic nitrogens is 3. The molecule has 1 aromatic heterocycles. The Morgan fingerprint density at radius 1 is 1.33 bits per heavy atom. The van der Waals surface area contributed by atoms with Crippen molar-refractivity contribution in [2.75, 3.05) is 13.2 Å². The SMILES string of the molecule is CCCCOC1CC(NC(=NCC)NC2CCc3nc(C)nn3C2)C1(C)C. The maximum atomic E-state index is 6.08. The summed E-state index contributed by atoms with van der Waals surface area (Å²) < 4.78 is 8.11. The van der Waals surface area contributed by atoms with Crippen molar-refractivity contribution in [1.82, 2.24) is 25.4 Å². The predicted molar refractivity (Wildman–Crippen MR) is 108 cm³/mol. The molecular formula is C20H36N6O. The second-order valence-corrected chi connectivity index (χ2v) is 8.43. The van der Waals surface area contributed by atoms with Gasteiger partial charge in [0.05, 0.1) is 12.6 Å². The summed E-state index contributed by atoms with van der Waals surface area (Å²) in [5.41, 5.74) is 0.118. The van der Waals surface area contributed by atoms with Crippen LogP contribution < -0.4 is 10.6 Å². The Morgan fingerprint density at radius 3 is 2.85 bits per heavy atom. The molecule has 3 atom stereocenters. The highest BCUT2D eigenvalue weighted by Crippen LogP contribution is 2.42. The van der Waals surface area contributed by atoms with Gasteiger partial charge < -0.3 is 15.4 Å².